The zero-order chi connectivity index (χ0) is 16.9. The highest BCUT2D eigenvalue weighted by Gasteiger charge is 2.13. The number of carbonyl (C=O) groups is 2. The fraction of sp³-hybridized carbons (Fsp3) is 0.0625. The number of hydrogen-bond donors (Lipinski definition) is 4. The first-order valence-electron chi connectivity index (χ1n) is 7.15. The fourth-order valence-corrected chi connectivity index (χ4v) is 2.02. The second-order valence-electron chi connectivity index (χ2n) is 4.88. The van der Waals surface area contributed by atoms with Crippen LogP contribution in [0.4, 0.5) is 16.2 Å². The number of hydrogen-bond acceptors (Lipinski definition) is 4. The Morgan fingerprint density at radius 2 is 1.79 bits per heavy atom. The van der Waals surface area contributed by atoms with Gasteiger partial charge in [0.1, 0.15) is 5.69 Å². The molecule has 3 aromatic rings. The lowest BCUT2D eigenvalue weighted by atomic mass is 10.2. The quantitative estimate of drug-likeness (QED) is 0.590. The molecule has 1 aromatic carbocycles. The number of amides is 3. The third-order valence-electron chi connectivity index (χ3n) is 3.22. The van der Waals surface area contributed by atoms with Crippen LogP contribution >= 0.6 is 0 Å². The van der Waals surface area contributed by atoms with Gasteiger partial charge in [-0.15, -0.1) is 0 Å². The zero-order valence-electron chi connectivity index (χ0n) is 12.8. The fourth-order valence-electron chi connectivity index (χ4n) is 2.02. The van der Waals surface area contributed by atoms with Gasteiger partial charge in [0, 0.05) is 24.5 Å². The number of nitrogens with one attached hydrogen (secondary N) is 4. The number of anilines is 2. The topological polar surface area (TPSA) is 112 Å². The van der Waals surface area contributed by atoms with Crippen molar-refractivity contribution in [2.45, 2.75) is 0 Å². The summed E-state index contributed by atoms with van der Waals surface area (Å²) in [5.41, 5.74) is 2.07. The first-order valence-corrected chi connectivity index (χ1v) is 7.15. The molecule has 4 N–H and O–H groups in total. The molecule has 2 heterocycles. The molecule has 0 aliphatic rings. The molecule has 3 amide bonds. The van der Waals surface area contributed by atoms with Gasteiger partial charge in [0.15, 0.2) is 11.5 Å². The van der Waals surface area contributed by atoms with Gasteiger partial charge in [-0.1, -0.05) is 0 Å². The van der Waals surface area contributed by atoms with E-state index in [4.69, 9.17) is 4.42 Å². The van der Waals surface area contributed by atoms with Gasteiger partial charge in [0.2, 0.25) is 0 Å². The summed E-state index contributed by atoms with van der Waals surface area (Å²) in [4.78, 5) is 23.4. The Balaban J connectivity index is 1.65. The Kier molecular flexibility index (Phi) is 4.28. The van der Waals surface area contributed by atoms with Gasteiger partial charge in [-0.05, 0) is 36.4 Å². The van der Waals surface area contributed by atoms with Gasteiger partial charge in [0.25, 0.3) is 5.91 Å². The number of H-pyrrole nitrogens is 1. The van der Waals surface area contributed by atoms with Crippen LogP contribution in [-0.4, -0.2) is 29.2 Å². The van der Waals surface area contributed by atoms with Crippen molar-refractivity contribution in [1.82, 2.24) is 15.5 Å². The molecule has 0 aliphatic carbocycles. The van der Waals surface area contributed by atoms with Crippen LogP contribution in [0.25, 0.3) is 11.5 Å². The molecule has 3 rings (SSSR count). The number of aromatic nitrogens is 2. The summed E-state index contributed by atoms with van der Waals surface area (Å²) in [7, 11) is 1.53. The maximum absolute atomic E-state index is 12.2. The lowest BCUT2D eigenvalue weighted by molar-refractivity contribution is 0.102. The van der Waals surface area contributed by atoms with Crippen LogP contribution in [0.15, 0.2) is 53.1 Å². The van der Waals surface area contributed by atoms with Crippen molar-refractivity contribution >= 4 is 23.3 Å². The standard InChI is InChI=1S/C16H15N5O3/c1-17-16(23)19-11-6-4-10(5-7-11)18-15(22)13-9-12(20-21-13)14-3-2-8-24-14/h2-9H,1H3,(H,18,22)(H,20,21)(H2,17,19,23). The molecular formula is C16H15N5O3. The third-order valence-corrected chi connectivity index (χ3v) is 3.22. The lowest BCUT2D eigenvalue weighted by Crippen LogP contribution is -2.24. The van der Waals surface area contributed by atoms with E-state index in [0.717, 1.165) is 0 Å². The van der Waals surface area contributed by atoms with E-state index in [1.54, 1.807) is 48.7 Å². The zero-order valence-corrected chi connectivity index (χ0v) is 12.8. The lowest BCUT2D eigenvalue weighted by Gasteiger charge is -2.06. The Labute approximate surface area is 137 Å². The molecule has 0 spiro atoms. The van der Waals surface area contributed by atoms with Crippen LogP contribution in [0, 0.1) is 0 Å². The highest BCUT2D eigenvalue weighted by Crippen LogP contribution is 2.19. The van der Waals surface area contributed by atoms with E-state index >= 15 is 0 Å². The number of furan rings is 1. The van der Waals surface area contributed by atoms with E-state index in [1.165, 1.54) is 7.05 Å². The van der Waals surface area contributed by atoms with Gasteiger partial charge < -0.3 is 20.4 Å². The predicted octanol–water partition coefficient (Wildman–Crippen LogP) is 2.67. The van der Waals surface area contributed by atoms with E-state index in [9.17, 15) is 9.59 Å². The van der Waals surface area contributed by atoms with E-state index < -0.39 is 0 Å². The number of rotatable bonds is 4. The van der Waals surface area contributed by atoms with E-state index in [-0.39, 0.29) is 17.6 Å². The summed E-state index contributed by atoms with van der Waals surface area (Å²) in [6.45, 7) is 0. The molecule has 122 valence electrons. The normalized spacial score (nSPS) is 10.2. The van der Waals surface area contributed by atoms with E-state index in [2.05, 4.69) is 26.1 Å². The first-order chi connectivity index (χ1) is 11.7. The first kappa shape index (κ1) is 15.3. The van der Waals surface area contributed by atoms with Gasteiger partial charge in [-0.25, -0.2) is 4.79 Å². The van der Waals surface area contributed by atoms with Crippen molar-refractivity contribution in [2.24, 2.45) is 0 Å². The molecule has 2 aromatic heterocycles. The Hall–Kier alpha value is -3.55. The molecule has 8 heteroatoms. The predicted molar refractivity (Wildman–Crippen MR) is 88.8 cm³/mol. The van der Waals surface area contributed by atoms with Crippen molar-refractivity contribution in [3.8, 4) is 11.5 Å². The number of aromatic amines is 1. The van der Waals surface area contributed by atoms with Gasteiger partial charge in [-0.3, -0.25) is 9.89 Å². The molecule has 0 saturated carbocycles. The van der Waals surface area contributed by atoms with E-state index in [1.807, 2.05) is 0 Å². The maximum atomic E-state index is 12.2. The van der Waals surface area contributed by atoms with E-state index in [0.29, 0.717) is 22.8 Å². The molecule has 0 atom stereocenters. The minimum atomic E-state index is -0.351. The van der Waals surface area contributed by atoms with Crippen LogP contribution in [0.3, 0.4) is 0 Å². The summed E-state index contributed by atoms with van der Waals surface area (Å²) < 4.78 is 5.24. The number of urea groups is 1. The average Bonchev–Trinajstić information content (AvgIpc) is 3.27. The molecule has 24 heavy (non-hydrogen) atoms. The van der Waals surface area contributed by atoms with Gasteiger partial charge in [-0.2, -0.15) is 5.10 Å². The molecule has 0 aliphatic heterocycles. The van der Waals surface area contributed by atoms with Crippen LogP contribution < -0.4 is 16.0 Å². The number of nitrogens with zero attached hydrogens (tertiary/aromatic N) is 1. The van der Waals surface area contributed by atoms with Crippen LogP contribution in [0.1, 0.15) is 10.5 Å². The SMILES string of the molecule is CNC(=O)Nc1ccc(NC(=O)c2cc(-c3ccco3)[nH]n2)cc1. The highest BCUT2D eigenvalue weighted by molar-refractivity contribution is 6.03. The third kappa shape index (κ3) is 3.43. The minimum Gasteiger partial charge on any atom is -0.463 e. The Morgan fingerprint density at radius 1 is 1.08 bits per heavy atom. The van der Waals surface area contributed by atoms with Crippen LogP contribution in [-0.2, 0) is 0 Å². The van der Waals surface area contributed by atoms with Gasteiger partial charge in [0.05, 0.1) is 6.26 Å². The monoisotopic (exact) mass is 325 g/mol. The molecule has 0 saturated heterocycles. The van der Waals surface area contributed by atoms with Crippen molar-refractivity contribution in [1.29, 1.82) is 0 Å². The highest BCUT2D eigenvalue weighted by atomic mass is 16.3. The van der Waals surface area contributed by atoms with Crippen molar-refractivity contribution in [3.63, 3.8) is 0 Å². The maximum Gasteiger partial charge on any atom is 0.318 e. The van der Waals surface area contributed by atoms with Crippen LogP contribution in [0.2, 0.25) is 0 Å². The molecule has 0 radical (unpaired) electrons. The number of benzene rings is 1. The summed E-state index contributed by atoms with van der Waals surface area (Å²) in [5.74, 6) is 0.252. The molecule has 8 nitrogen and oxygen atoms in total. The summed E-state index contributed by atoms with van der Waals surface area (Å²) >= 11 is 0. The summed E-state index contributed by atoms with van der Waals surface area (Å²) in [5, 5.41) is 14.5. The second kappa shape index (κ2) is 6.69. The summed E-state index contributed by atoms with van der Waals surface area (Å²) in [6.07, 6.45) is 1.55. The average molecular weight is 325 g/mol. The number of carbonyl (C=O) groups excluding carboxylic acids is 2. The van der Waals surface area contributed by atoms with Crippen molar-refractivity contribution in [3.05, 3.63) is 54.4 Å². The minimum absolute atomic E-state index is 0.244. The smallest absolute Gasteiger partial charge is 0.318 e. The Morgan fingerprint density at radius 3 is 2.42 bits per heavy atom. The summed E-state index contributed by atoms with van der Waals surface area (Å²) in [6, 6.07) is 11.6. The largest absolute Gasteiger partial charge is 0.463 e. The van der Waals surface area contributed by atoms with Gasteiger partial charge >= 0.3 is 6.03 Å². The molecule has 0 fully saturated rings. The molecule has 0 bridgehead atoms. The van der Waals surface area contributed by atoms with Crippen LogP contribution in [0.5, 0.6) is 0 Å². The Bertz CT molecular complexity index is 837. The molecule has 0 unspecified atom stereocenters. The van der Waals surface area contributed by atoms with Crippen molar-refractivity contribution < 1.29 is 14.0 Å². The molecular weight excluding hydrogens is 310 g/mol. The van der Waals surface area contributed by atoms with Crippen molar-refractivity contribution in [2.75, 3.05) is 17.7 Å². The second-order valence-corrected chi connectivity index (χ2v) is 4.88.